The summed E-state index contributed by atoms with van der Waals surface area (Å²) in [6.07, 6.45) is 3.21. The second kappa shape index (κ2) is 6.51. The van der Waals surface area contributed by atoms with Gasteiger partial charge in [0.15, 0.2) is 0 Å². The third-order valence-corrected chi connectivity index (χ3v) is 3.45. The summed E-state index contributed by atoms with van der Waals surface area (Å²) in [6, 6.07) is 5.71. The monoisotopic (exact) mass is 325 g/mol. The molecule has 8 heteroatoms. The predicted molar refractivity (Wildman–Crippen MR) is 78.5 cm³/mol. The average molecular weight is 326 g/mol. The first kappa shape index (κ1) is 15.2. The number of nitrogens with zero attached hydrogens (tertiary/aromatic N) is 2. The van der Waals surface area contributed by atoms with Crippen LogP contribution in [0.1, 0.15) is 15.9 Å². The summed E-state index contributed by atoms with van der Waals surface area (Å²) < 4.78 is 0. The normalized spacial score (nSPS) is 10.2. The molecular formula is C13H9Cl2N3O3. The van der Waals surface area contributed by atoms with Gasteiger partial charge in [-0.2, -0.15) is 0 Å². The van der Waals surface area contributed by atoms with E-state index < -0.39 is 10.8 Å². The van der Waals surface area contributed by atoms with Gasteiger partial charge >= 0.3 is 0 Å². The highest BCUT2D eigenvalue weighted by molar-refractivity contribution is 6.44. The molecule has 2 aromatic rings. The topological polar surface area (TPSA) is 85.1 Å². The van der Waals surface area contributed by atoms with Crippen LogP contribution in [0.15, 0.2) is 36.7 Å². The first-order chi connectivity index (χ1) is 9.99. The van der Waals surface area contributed by atoms with Crippen molar-refractivity contribution < 1.29 is 9.72 Å². The number of amides is 1. The number of hydrogen-bond acceptors (Lipinski definition) is 4. The molecule has 0 spiro atoms. The second-order valence-electron chi connectivity index (χ2n) is 4.09. The SMILES string of the molecule is O=C(NCc1cccnc1)c1cc([N+](=O)[O-])cc(Cl)c1Cl. The zero-order valence-electron chi connectivity index (χ0n) is 10.5. The van der Waals surface area contributed by atoms with Crippen molar-refractivity contribution >= 4 is 34.8 Å². The molecule has 0 saturated heterocycles. The number of non-ortho nitro benzene ring substituents is 1. The Labute approximate surface area is 129 Å². The van der Waals surface area contributed by atoms with Gasteiger partial charge in [-0.1, -0.05) is 29.3 Å². The number of carbonyl (C=O) groups is 1. The Kier molecular flexibility index (Phi) is 4.72. The Bertz CT molecular complexity index is 693. The number of pyridine rings is 1. The van der Waals surface area contributed by atoms with Gasteiger partial charge < -0.3 is 5.32 Å². The van der Waals surface area contributed by atoms with Crippen molar-refractivity contribution in [3.63, 3.8) is 0 Å². The minimum atomic E-state index is -0.639. The highest BCUT2D eigenvalue weighted by atomic mass is 35.5. The Hall–Kier alpha value is -2.18. The minimum absolute atomic E-state index is 0.0223. The lowest BCUT2D eigenvalue weighted by atomic mass is 10.1. The second-order valence-corrected chi connectivity index (χ2v) is 4.88. The molecule has 0 aliphatic rings. The van der Waals surface area contributed by atoms with Gasteiger partial charge in [0.25, 0.3) is 11.6 Å². The summed E-state index contributed by atoms with van der Waals surface area (Å²) in [4.78, 5) is 26.1. The van der Waals surface area contributed by atoms with Gasteiger partial charge in [-0.3, -0.25) is 19.9 Å². The lowest BCUT2D eigenvalue weighted by Gasteiger charge is -2.07. The standard InChI is InChI=1S/C13H9Cl2N3O3/c14-11-5-9(18(20)21)4-10(12(11)15)13(19)17-7-8-2-1-3-16-6-8/h1-6H,7H2,(H,17,19). The van der Waals surface area contributed by atoms with E-state index in [9.17, 15) is 14.9 Å². The number of nitrogens with one attached hydrogen (secondary N) is 1. The van der Waals surface area contributed by atoms with E-state index in [0.717, 1.165) is 17.7 Å². The van der Waals surface area contributed by atoms with Crippen molar-refractivity contribution in [2.24, 2.45) is 0 Å². The summed E-state index contributed by atoms with van der Waals surface area (Å²) in [5, 5.41) is 13.3. The molecule has 0 bridgehead atoms. The number of benzene rings is 1. The maximum Gasteiger partial charge on any atom is 0.271 e. The average Bonchev–Trinajstić information content (AvgIpc) is 2.48. The van der Waals surface area contributed by atoms with Crippen molar-refractivity contribution in [3.8, 4) is 0 Å². The molecule has 6 nitrogen and oxygen atoms in total. The molecule has 0 radical (unpaired) electrons. The van der Waals surface area contributed by atoms with Crippen LogP contribution in [0.4, 0.5) is 5.69 Å². The number of nitro groups is 1. The van der Waals surface area contributed by atoms with E-state index in [0.29, 0.717) is 0 Å². The fourth-order valence-electron chi connectivity index (χ4n) is 1.63. The van der Waals surface area contributed by atoms with Crippen LogP contribution < -0.4 is 5.32 Å². The highest BCUT2D eigenvalue weighted by Crippen LogP contribution is 2.30. The molecule has 0 atom stereocenters. The van der Waals surface area contributed by atoms with Crippen molar-refractivity contribution in [1.29, 1.82) is 0 Å². The van der Waals surface area contributed by atoms with Crippen LogP contribution in [-0.4, -0.2) is 15.8 Å². The largest absolute Gasteiger partial charge is 0.348 e. The van der Waals surface area contributed by atoms with Crippen LogP contribution in [-0.2, 0) is 6.54 Å². The van der Waals surface area contributed by atoms with Crippen LogP contribution in [0.5, 0.6) is 0 Å². The molecule has 0 fully saturated rings. The van der Waals surface area contributed by atoms with E-state index in [1.165, 1.54) is 0 Å². The van der Waals surface area contributed by atoms with Crippen molar-refractivity contribution in [1.82, 2.24) is 10.3 Å². The summed E-state index contributed by atoms with van der Waals surface area (Å²) in [5.41, 5.74) is 0.453. The van der Waals surface area contributed by atoms with Gasteiger partial charge in [0, 0.05) is 31.1 Å². The van der Waals surface area contributed by atoms with Crippen molar-refractivity contribution in [2.75, 3.05) is 0 Å². The fraction of sp³-hybridized carbons (Fsp3) is 0.0769. The Morgan fingerprint density at radius 1 is 1.38 bits per heavy atom. The Morgan fingerprint density at radius 3 is 2.76 bits per heavy atom. The first-order valence-electron chi connectivity index (χ1n) is 5.79. The van der Waals surface area contributed by atoms with E-state index in [2.05, 4.69) is 10.3 Å². The van der Waals surface area contributed by atoms with E-state index >= 15 is 0 Å². The molecule has 0 aliphatic carbocycles. The summed E-state index contributed by atoms with van der Waals surface area (Å²) in [6.45, 7) is 0.226. The van der Waals surface area contributed by atoms with Gasteiger partial charge in [0.2, 0.25) is 0 Å². The number of nitro benzene ring substituents is 1. The lowest BCUT2D eigenvalue weighted by Crippen LogP contribution is -2.23. The van der Waals surface area contributed by atoms with Gasteiger partial charge in [0.1, 0.15) is 0 Å². The number of hydrogen-bond donors (Lipinski definition) is 1. The van der Waals surface area contributed by atoms with Crippen LogP contribution in [0.3, 0.4) is 0 Å². The minimum Gasteiger partial charge on any atom is -0.348 e. The number of aromatic nitrogens is 1. The zero-order valence-corrected chi connectivity index (χ0v) is 12.1. The fourth-order valence-corrected chi connectivity index (χ4v) is 2.03. The Balaban J connectivity index is 2.21. The van der Waals surface area contributed by atoms with Crippen LogP contribution in [0, 0.1) is 10.1 Å². The number of carbonyl (C=O) groups excluding carboxylic acids is 1. The highest BCUT2D eigenvalue weighted by Gasteiger charge is 2.19. The van der Waals surface area contributed by atoms with Crippen LogP contribution in [0.25, 0.3) is 0 Å². The molecule has 0 aliphatic heterocycles. The van der Waals surface area contributed by atoms with E-state index in [-0.39, 0.29) is 27.8 Å². The molecule has 0 unspecified atom stereocenters. The molecule has 2 rings (SSSR count). The van der Waals surface area contributed by atoms with Gasteiger partial charge in [0.05, 0.1) is 20.5 Å². The van der Waals surface area contributed by atoms with E-state index in [1.807, 2.05) is 0 Å². The number of rotatable bonds is 4. The third kappa shape index (κ3) is 3.68. The Morgan fingerprint density at radius 2 is 2.14 bits per heavy atom. The molecule has 1 aromatic carbocycles. The first-order valence-corrected chi connectivity index (χ1v) is 6.55. The molecule has 1 aromatic heterocycles. The lowest BCUT2D eigenvalue weighted by molar-refractivity contribution is -0.384. The van der Waals surface area contributed by atoms with E-state index in [1.54, 1.807) is 24.5 Å². The van der Waals surface area contributed by atoms with Crippen molar-refractivity contribution in [2.45, 2.75) is 6.54 Å². The van der Waals surface area contributed by atoms with Gasteiger partial charge in [-0.05, 0) is 11.6 Å². The maximum atomic E-state index is 12.1. The molecular weight excluding hydrogens is 317 g/mol. The zero-order chi connectivity index (χ0) is 15.4. The molecule has 1 N–H and O–H groups in total. The van der Waals surface area contributed by atoms with Gasteiger partial charge in [-0.15, -0.1) is 0 Å². The summed E-state index contributed by atoms with van der Waals surface area (Å²) in [5.74, 6) is -0.547. The number of halogens is 2. The molecule has 108 valence electrons. The molecule has 0 saturated carbocycles. The maximum absolute atomic E-state index is 12.1. The molecule has 1 heterocycles. The quantitative estimate of drug-likeness (QED) is 0.690. The molecule has 1 amide bonds. The van der Waals surface area contributed by atoms with Crippen LogP contribution in [0.2, 0.25) is 10.0 Å². The summed E-state index contributed by atoms with van der Waals surface area (Å²) in [7, 11) is 0. The van der Waals surface area contributed by atoms with Gasteiger partial charge in [-0.25, -0.2) is 0 Å². The van der Waals surface area contributed by atoms with Crippen molar-refractivity contribution in [3.05, 3.63) is 67.9 Å². The van der Waals surface area contributed by atoms with Crippen LogP contribution >= 0.6 is 23.2 Å². The van der Waals surface area contributed by atoms with E-state index in [4.69, 9.17) is 23.2 Å². The summed E-state index contributed by atoms with van der Waals surface area (Å²) >= 11 is 11.7. The smallest absolute Gasteiger partial charge is 0.271 e. The molecule has 21 heavy (non-hydrogen) atoms. The predicted octanol–water partition coefficient (Wildman–Crippen LogP) is 3.23. The third-order valence-electron chi connectivity index (χ3n) is 2.64.